The molecule has 0 radical (unpaired) electrons. The average molecular weight is 170 g/mol. The highest BCUT2D eigenvalue weighted by Gasteiger charge is 2.41. The van der Waals surface area contributed by atoms with Gasteiger partial charge in [-0.25, -0.2) is 0 Å². The van der Waals surface area contributed by atoms with E-state index < -0.39 is 0 Å². The molecule has 2 saturated heterocycles. The van der Waals surface area contributed by atoms with E-state index in [9.17, 15) is 4.79 Å². The van der Waals surface area contributed by atoms with Crippen LogP contribution in [-0.4, -0.2) is 42.1 Å². The zero-order chi connectivity index (χ0) is 8.72. The van der Waals surface area contributed by atoms with Gasteiger partial charge in [-0.2, -0.15) is 0 Å². The maximum absolute atomic E-state index is 11.5. The largest absolute Gasteiger partial charge is 0.374 e. The van der Waals surface area contributed by atoms with Crippen LogP contribution in [-0.2, 0) is 9.53 Å². The number of carbonyl (C=O) groups excluding carboxylic acids is 1. The molecule has 4 nitrogen and oxygen atoms in total. The molecule has 1 amide bonds. The van der Waals surface area contributed by atoms with E-state index in [0.29, 0.717) is 12.6 Å². The van der Waals surface area contributed by atoms with Gasteiger partial charge in [0.15, 0.2) is 0 Å². The van der Waals surface area contributed by atoms with Crippen LogP contribution >= 0.6 is 0 Å². The van der Waals surface area contributed by atoms with Gasteiger partial charge in [0.25, 0.3) is 0 Å². The van der Waals surface area contributed by atoms with Crippen LogP contribution in [0.3, 0.4) is 0 Å². The Morgan fingerprint density at radius 3 is 2.92 bits per heavy atom. The van der Waals surface area contributed by atoms with E-state index in [1.54, 1.807) is 6.92 Å². The van der Waals surface area contributed by atoms with Crippen LogP contribution in [0.2, 0.25) is 0 Å². The lowest BCUT2D eigenvalue weighted by atomic mass is 10.2. The molecule has 0 aromatic rings. The van der Waals surface area contributed by atoms with Crippen molar-refractivity contribution in [3.63, 3.8) is 0 Å². The van der Waals surface area contributed by atoms with Crippen LogP contribution in [0.4, 0.5) is 0 Å². The van der Waals surface area contributed by atoms with Gasteiger partial charge in [-0.1, -0.05) is 0 Å². The van der Waals surface area contributed by atoms with E-state index in [1.165, 1.54) is 0 Å². The minimum atomic E-state index is -0.371. The Hall–Kier alpha value is -0.610. The van der Waals surface area contributed by atoms with Crippen LogP contribution < -0.4 is 5.73 Å². The van der Waals surface area contributed by atoms with E-state index >= 15 is 0 Å². The normalized spacial score (nSPS) is 35.7. The molecule has 3 atom stereocenters. The highest BCUT2D eigenvalue weighted by Crippen LogP contribution is 2.27. The van der Waals surface area contributed by atoms with Crippen molar-refractivity contribution in [2.75, 3.05) is 13.2 Å². The van der Waals surface area contributed by atoms with Crippen LogP contribution in [0.15, 0.2) is 0 Å². The number of carbonyl (C=O) groups is 1. The molecule has 4 heteroatoms. The van der Waals surface area contributed by atoms with Crippen molar-refractivity contribution in [3.05, 3.63) is 0 Å². The van der Waals surface area contributed by atoms with Crippen LogP contribution in [0.5, 0.6) is 0 Å². The second-order valence-electron chi connectivity index (χ2n) is 3.62. The van der Waals surface area contributed by atoms with Crippen molar-refractivity contribution in [1.29, 1.82) is 0 Å². The fourth-order valence-corrected chi connectivity index (χ4v) is 1.93. The Bertz CT molecular complexity index is 205. The summed E-state index contributed by atoms with van der Waals surface area (Å²) in [7, 11) is 0. The number of rotatable bonds is 1. The first-order valence-corrected chi connectivity index (χ1v) is 4.36. The van der Waals surface area contributed by atoms with Gasteiger partial charge in [0.05, 0.1) is 24.8 Å². The minimum absolute atomic E-state index is 0.0609. The minimum Gasteiger partial charge on any atom is -0.374 e. The molecule has 2 aliphatic rings. The average Bonchev–Trinajstić information content (AvgIpc) is 2.62. The Labute approximate surface area is 71.7 Å². The standard InChI is InChI=1S/C8H14N2O2/c1-5(9)8(11)10-3-7-2-6(10)4-12-7/h5-7H,2-4,9H2,1H3/t5-,6+,7-/m1/s1. The zero-order valence-corrected chi connectivity index (χ0v) is 7.19. The molecule has 0 spiro atoms. The summed E-state index contributed by atoms with van der Waals surface area (Å²) in [5, 5.41) is 0. The zero-order valence-electron chi connectivity index (χ0n) is 7.19. The molecule has 0 aromatic carbocycles. The van der Waals surface area contributed by atoms with E-state index in [1.807, 2.05) is 4.90 Å². The Balaban J connectivity index is 2.02. The van der Waals surface area contributed by atoms with Crippen molar-refractivity contribution < 1.29 is 9.53 Å². The van der Waals surface area contributed by atoms with E-state index in [4.69, 9.17) is 10.5 Å². The summed E-state index contributed by atoms with van der Waals surface area (Å²) in [6.07, 6.45) is 1.27. The van der Waals surface area contributed by atoms with Crippen molar-refractivity contribution in [1.82, 2.24) is 4.90 Å². The van der Waals surface area contributed by atoms with Gasteiger partial charge >= 0.3 is 0 Å². The second kappa shape index (κ2) is 2.71. The van der Waals surface area contributed by atoms with Crippen molar-refractivity contribution >= 4 is 5.91 Å². The first kappa shape index (κ1) is 8.01. The van der Waals surface area contributed by atoms with Crippen LogP contribution in [0.25, 0.3) is 0 Å². The molecule has 12 heavy (non-hydrogen) atoms. The summed E-state index contributed by atoms with van der Waals surface area (Å²) in [5.74, 6) is 0.0609. The molecule has 2 aliphatic heterocycles. The smallest absolute Gasteiger partial charge is 0.239 e. The number of amides is 1. The van der Waals surface area contributed by atoms with Gasteiger partial charge < -0.3 is 15.4 Å². The molecular formula is C8H14N2O2. The summed E-state index contributed by atoms with van der Waals surface area (Å²) < 4.78 is 5.38. The molecule has 0 aromatic heterocycles. The second-order valence-corrected chi connectivity index (χ2v) is 3.62. The molecule has 68 valence electrons. The summed E-state index contributed by atoms with van der Waals surface area (Å²) in [5.41, 5.74) is 5.52. The van der Waals surface area contributed by atoms with Crippen LogP contribution in [0.1, 0.15) is 13.3 Å². The summed E-state index contributed by atoms with van der Waals surface area (Å²) in [6.45, 7) is 3.17. The van der Waals surface area contributed by atoms with E-state index in [0.717, 1.165) is 13.0 Å². The molecule has 2 rings (SSSR count). The Kier molecular flexibility index (Phi) is 1.81. The third kappa shape index (κ3) is 1.11. The molecule has 2 bridgehead atoms. The molecule has 0 saturated carbocycles. The molecule has 0 aliphatic carbocycles. The van der Waals surface area contributed by atoms with Gasteiger partial charge in [-0.05, 0) is 13.3 Å². The van der Waals surface area contributed by atoms with Crippen molar-refractivity contribution in [2.24, 2.45) is 5.73 Å². The first-order chi connectivity index (χ1) is 5.68. The molecule has 2 fully saturated rings. The molecule has 0 unspecified atom stereocenters. The first-order valence-electron chi connectivity index (χ1n) is 4.36. The number of nitrogens with two attached hydrogens (primary N) is 1. The lowest BCUT2D eigenvalue weighted by Gasteiger charge is -2.28. The number of hydrogen-bond donors (Lipinski definition) is 1. The SMILES string of the molecule is C[C@@H](N)C(=O)N1C[C@H]2C[C@H]1CO2. The van der Waals surface area contributed by atoms with Gasteiger partial charge in [0.2, 0.25) is 5.91 Å². The maximum Gasteiger partial charge on any atom is 0.239 e. The predicted octanol–water partition coefficient (Wildman–Crippen LogP) is -0.667. The lowest BCUT2D eigenvalue weighted by molar-refractivity contribution is -0.136. The van der Waals surface area contributed by atoms with Crippen LogP contribution in [0, 0.1) is 0 Å². The molecule has 2 N–H and O–H groups in total. The van der Waals surface area contributed by atoms with Gasteiger partial charge in [0.1, 0.15) is 0 Å². The summed E-state index contributed by atoms with van der Waals surface area (Å²) >= 11 is 0. The predicted molar refractivity (Wildman–Crippen MR) is 43.5 cm³/mol. The monoisotopic (exact) mass is 170 g/mol. The van der Waals surface area contributed by atoms with Crippen molar-refractivity contribution in [3.8, 4) is 0 Å². The Morgan fingerprint density at radius 1 is 1.75 bits per heavy atom. The van der Waals surface area contributed by atoms with E-state index in [-0.39, 0.29) is 18.1 Å². The fourth-order valence-electron chi connectivity index (χ4n) is 1.93. The third-order valence-electron chi connectivity index (χ3n) is 2.57. The number of hydrogen-bond acceptors (Lipinski definition) is 3. The highest BCUT2D eigenvalue weighted by atomic mass is 16.5. The van der Waals surface area contributed by atoms with Crippen molar-refractivity contribution in [2.45, 2.75) is 31.5 Å². The maximum atomic E-state index is 11.5. The number of nitrogens with zero attached hydrogens (tertiary/aromatic N) is 1. The fraction of sp³-hybridized carbons (Fsp3) is 0.875. The number of morpholine rings is 1. The summed E-state index contributed by atoms with van der Waals surface area (Å²) in [6, 6.07) is -0.0714. The number of likely N-dealkylation sites (tertiary alicyclic amines) is 1. The topological polar surface area (TPSA) is 55.6 Å². The quantitative estimate of drug-likeness (QED) is 0.568. The highest BCUT2D eigenvalue weighted by molar-refractivity contribution is 5.82. The van der Waals surface area contributed by atoms with Gasteiger partial charge in [-0.15, -0.1) is 0 Å². The van der Waals surface area contributed by atoms with E-state index in [2.05, 4.69) is 0 Å². The molecular weight excluding hydrogens is 156 g/mol. The summed E-state index contributed by atoms with van der Waals surface area (Å²) in [4.78, 5) is 13.3. The lowest BCUT2D eigenvalue weighted by Crippen LogP contribution is -2.48. The third-order valence-corrected chi connectivity index (χ3v) is 2.57. The molecule has 2 heterocycles. The number of ether oxygens (including phenoxy) is 1. The number of fused-ring (bicyclic) bond motifs is 2. The van der Waals surface area contributed by atoms with Gasteiger partial charge in [0, 0.05) is 6.54 Å². The van der Waals surface area contributed by atoms with Gasteiger partial charge in [-0.3, -0.25) is 4.79 Å². The Morgan fingerprint density at radius 2 is 2.50 bits per heavy atom.